The molecule has 1 heterocycles. The summed E-state index contributed by atoms with van der Waals surface area (Å²) in [4.78, 5) is 2.45. The van der Waals surface area contributed by atoms with E-state index < -0.39 is 0 Å². The molecule has 4 N–H and O–H groups in total. The molecule has 1 aliphatic heterocycles. The van der Waals surface area contributed by atoms with Crippen molar-refractivity contribution in [2.24, 2.45) is 17.1 Å². The van der Waals surface area contributed by atoms with Gasteiger partial charge in [0.25, 0.3) is 0 Å². The fourth-order valence-electron chi connectivity index (χ4n) is 4.94. The van der Waals surface area contributed by atoms with Gasteiger partial charge in [-0.3, -0.25) is 0 Å². The molecule has 0 spiro atoms. The highest BCUT2D eigenvalue weighted by Gasteiger charge is 2.29. The normalized spacial score (nSPS) is 17.7. The SMILES string of the molecule is C.C.C=C=C(N)C1(C)C=Cc2c(cccc2N/C=C\C=C)C1.CC#CCC1CCN(c2ccc(OC)c(C)c2)C1.CO.[HH]. The van der Waals surface area contributed by atoms with Gasteiger partial charge in [-0.25, -0.2) is 0 Å². The van der Waals surface area contributed by atoms with E-state index in [9.17, 15) is 0 Å². The lowest BCUT2D eigenvalue weighted by molar-refractivity contribution is 0.399. The molecule has 2 unspecified atom stereocenters. The molecule has 0 amide bonds. The first-order valence-electron chi connectivity index (χ1n) is 13.6. The van der Waals surface area contributed by atoms with Crippen LogP contribution in [0.3, 0.4) is 0 Å². The van der Waals surface area contributed by atoms with E-state index in [1.807, 2.05) is 19.2 Å². The number of hydrogen-bond acceptors (Lipinski definition) is 5. The Hall–Kier alpha value is -4.10. The minimum atomic E-state index is -0.204. The first-order valence-corrected chi connectivity index (χ1v) is 13.6. The van der Waals surface area contributed by atoms with E-state index in [4.69, 9.17) is 15.6 Å². The molecular weight excluding hydrogens is 518 g/mol. The van der Waals surface area contributed by atoms with Crippen molar-refractivity contribution in [2.75, 3.05) is 37.5 Å². The third-order valence-corrected chi connectivity index (χ3v) is 7.25. The van der Waals surface area contributed by atoms with Gasteiger partial charge in [-0.1, -0.05) is 58.4 Å². The molecule has 2 atom stereocenters. The number of hydrogen-bond donors (Lipinski definition) is 3. The molecule has 2 aromatic carbocycles. The molecule has 0 saturated carbocycles. The maximum atomic E-state index is 7.00. The van der Waals surface area contributed by atoms with Crippen LogP contribution in [0, 0.1) is 30.1 Å². The van der Waals surface area contributed by atoms with Crippen molar-refractivity contribution in [1.29, 1.82) is 0 Å². The topological polar surface area (TPSA) is 70.8 Å². The van der Waals surface area contributed by atoms with Crippen molar-refractivity contribution in [3.05, 3.63) is 102 Å². The van der Waals surface area contributed by atoms with Gasteiger partial charge in [-0.15, -0.1) is 17.6 Å². The van der Waals surface area contributed by atoms with Crippen LogP contribution in [-0.2, 0) is 6.42 Å². The minimum Gasteiger partial charge on any atom is -0.496 e. The van der Waals surface area contributed by atoms with E-state index in [-0.39, 0.29) is 21.7 Å². The van der Waals surface area contributed by atoms with Crippen molar-refractivity contribution in [1.82, 2.24) is 0 Å². The molecule has 2 aliphatic rings. The third kappa shape index (κ3) is 10.1. The average molecular weight is 574 g/mol. The second-order valence-corrected chi connectivity index (χ2v) is 10.0. The zero-order chi connectivity index (χ0) is 29.5. The first kappa shape index (κ1) is 37.9. The number of aliphatic hydroxyl groups is 1. The summed E-state index contributed by atoms with van der Waals surface area (Å²) < 4.78 is 5.30. The number of nitrogens with zero attached hydrogens (tertiary/aromatic N) is 1. The van der Waals surface area contributed by atoms with Crippen LogP contribution in [0.1, 0.15) is 59.7 Å². The number of methoxy groups -OCH3 is 1. The molecule has 1 aliphatic carbocycles. The molecule has 230 valence electrons. The average Bonchev–Trinajstić information content (AvgIpc) is 3.46. The number of aryl methyl sites for hydroxylation is 1. The maximum absolute atomic E-state index is 7.00. The zero-order valence-corrected chi connectivity index (χ0v) is 24.8. The summed E-state index contributed by atoms with van der Waals surface area (Å²) in [6.07, 6.45) is 12.9. The second kappa shape index (κ2) is 19.1. The molecule has 1 saturated heterocycles. The van der Waals surface area contributed by atoms with E-state index in [0.29, 0.717) is 5.70 Å². The Morgan fingerprint density at radius 3 is 2.64 bits per heavy atom. The molecule has 1 fully saturated rings. The lowest BCUT2D eigenvalue weighted by Crippen LogP contribution is -2.27. The number of aliphatic hydroxyl groups excluding tert-OH is 1. The molecular formula is C37H55N3O2. The Kier molecular flexibility index (Phi) is 17.2. The molecule has 5 nitrogen and oxygen atoms in total. The van der Waals surface area contributed by atoms with Gasteiger partial charge >= 0.3 is 0 Å². The highest BCUT2D eigenvalue weighted by atomic mass is 16.5. The van der Waals surface area contributed by atoms with Crippen molar-refractivity contribution in [3.8, 4) is 17.6 Å². The summed E-state index contributed by atoms with van der Waals surface area (Å²) in [7, 11) is 2.72. The van der Waals surface area contributed by atoms with Gasteiger partial charge in [0.1, 0.15) is 5.75 Å². The van der Waals surface area contributed by atoms with Gasteiger partial charge in [-0.2, -0.15) is 0 Å². The number of fused-ring (bicyclic) bond motifs is 1. The van der Waals surface area contributed by atoms with Crippen LogP contribution in [0.25, 0.3) is 6.08 Å². The van der Waals surface area contributed by atoms with E-state index in [1.165, 1.54) is 28.8 Å². The van der Waals surface area contributed by atoms with Crippen molar-refractivity contribution < 1.29 is 11.3 Å². The number of nitrogens with two attached hydrogens (primary N) is 1. The number of nitrogens with one attached hydrogen (secondary N) is 1. The van der Waals surface area contributed by atoms with Gasteiger partial charge in [0.15, 0.2) is 0 Å². The Bertz CT molecular complexity index is 1310. The van der Waals surface area contributed by atoms with Crippen LogP contribution in [0.2, 0.25) is 0 Å². The first-order chi connectivity index (χ1) is 19.3. The van der Waals surface area contributed by atoms with Crippen LogP contribution >= 0.6 is 0 Å². The monoisotopic (exact) mass is 573 g/mol. The lowest BCUT2D eigenvalue weighted by atomic mass is 9.75. The maximum Gasteiger partial charge on any atom is 0.121 e. The van der Waals surface area contributed by atoms with Crippen LogP contribution in [-0.4, -0.2) is 32.4 Å². The predicted molar refractivity (Wildman–Crippen MR) is 187 cm³/mol. The van der Waals surface area contributed by atoms with Gasteiger partial charge in [0, 0.05) is 56.6 Å². The van der Waals surface area contributed by atoms with Crippen LogP contribution in [0.4, 0.5) is 11.4 Å². The zero-order valence-electron chi connectivity index (χ0n) is 24.8. The quantitative estimate of drug-likeness (QED) is 0.176. The molecule has 0 radical (unpaired) electrons. The summed E-state index contributed by atoms with van der Waals surface area (Å²) in [5.41, 5.74) is 15.4. The predicted octanol–water partition coefficient (Wildman–Crippen LogP) is 8.37. The van der Waals surface area contributed by atoms with Gasteiger partial charge < -0.3 is 25.8 Å². The lowest BCUT2D eigenvalue weighted by Gasteiger charge is -2.30. The Labute approximate surface area is 257 Å². The number of allylic oxidation sites excluding steroid dienone is 3. The van der Waals surface area contributed by atoms with Gasteiger partial charge in [0.05, 0.1) is 12.8 Å². The summed E-state index contributed by atoms with van der Waals surface area (Å²) in [6, 6.07) is 12.7. The van der Waals surface area contributed by atoms with E-state index >= 15 is 0 Å². The highest BCUT2D eigenvalue weighted by molar-refractivity contribution is 5.73. The molecule has 0 bridgehead atoms. The fraction of sp³-hybridized carbons (Fsp3) is 0.378. The number of ether oxygens (including phenoxy) is 1. The number of benzene rings is 2. The molecule has 4 rings (SSSR count). The highest BCUT2D eigenvalue weighted by Crippen LogP contribution is 2.38. The molecule has 5 heteroatoms. The number of rotatable bonds is 7. The van der Waals surface area contributed by atoms with Crippen LogP contribution in [0.15, 0.2) is 85.4 Å². The molecule has 42 heavy (non-hydrogen) atoms. The van der Waals surface area contributed by atoms with E-state index in [2.05, 4.69) is 103 Å². The molecule has 0 aromatic heterocycles. The summed E-state index contributed by atoms with van der Waals surface area (Å²) in [5, 5.41) is 10.3. The molecule has 2 aromatic rings. The Morgan fingerprint density at radius 2 is 2.02 bits per heavy atom. The summed E-state index contributed by atoms with van der Waals surface area (Å²) in [6.45, 7) is 15.7. The summed E-state index contributed by atoms with van der Waals surface area (Å²) >= 11 is 0. The number of anilines is 2. The second-order valence-electron chi connectivity index (χ2n) is 10.0. The van der Waals surface area contributed by atoms with Gasteiger partial charge in [0.2, 0.25) is 0 Å². The van der Waals surface area contributed by atoms with E-state index in [1.54, 1.807) is 13.2 Å². The van der Waals surface area contributed by atoms with Crippen LogP contribution in [0.5, 0.6) is 5.75 Å². The Morgan fingerprint density at radius 1 is 1.29 bits per heavy atom. The van der Waals surface area contributed by atoms with Gasteiger partial charge in [-0.05, 0) is 81.0 Å². The van der Waals surface area contributed by atoms with Crippen LogP contribution < -0.4 is 20.7 Å². The minimum absolute atomic E-state index is 0. The van der Waals surface area contributed by atoms with Crippen molar-refractivity contribution in [2.45, 2.75) is 54.9 Å². The Balaban J connectivity index is 0. The summed E-state index contributed by atoms with van der Waals surface area (Å²) in [5.74, 6) is 7.87. The van der Waals surface area contributed by atoms with E-state index in [0.717, 1.165) is 50.4 Å². The standard InChI is InChI=1S/C18H20N2.C16H21NO.CH4O.2CH4.H2/c1-4-6-12-20-16-9-7-8-14-13-18(3,17(19)5-2)11-10-15(14)16;1-4-5-6-14-9-10-17(12-14)15-7-8-16(18-3)13(2)11-15;1-2;;;/h4,6-12,20H,1-2,13,19H2,3H3;7-8,11,14H,6,9-10,12H2,1-3H3;2H,1H3;2*1H4;1H/b12-6-;;;;;. The largest absolute Gasteiger partial charge is 0.496 e. The van der Waals surface area contributed by atoms with Crippen molar-refractivity contribution >= 4 is 17.5 Å². The smallest absolute Gasteiger partial charge is 0.121 e. The fourth-order valence-corrected chi connectivity index (χ4v) is 4.94. The van der Waals surface area contributed by atoms with Crippen molar-refractivity contribution in [3.63, 3.8) is 0 Å². The third-order valence-electron chi connectivity index (χ3n) is 7.25.